The second-order valence-corrected chi connectivity index (χ2v) is 5.93. The van der Waals surface area contributed by atoms with Gasteiger partial charge in [0, 0.05) is 44.3 Å². The molecule has 3 rings (SSSR count). The summed E-state index contributed by atoms with van der Waals surface area (Å²) in [6.45, 7) is 2.81. The smallest absolute Gasteiger partial charge is 0.123 e. The van der Waals surface area contributed by atoms with Gasteiger partial charge in [0.25, 0.3) is 0 Å². The van der Waals surface area contributed by atoms with Crippen molar-refractivity contribution in [1.82, 2.24) is 15.2 Å². The number of anilines is 1. The summed E-state index contributed by atoms with van der Waals surface area (Å²) < 4.78 is 5.42. The average Bonchev–Trinajstić information content (AvgIpc) is 2.55. The molecule has 5 heteroatoms. The summed E-state index contributed by atoms with van der Waals surface area (Å²) in [5.41, 5.74) is 8.05. The van der Waals surface area contributed by atoms with Gasteiger partial charge in [-0.1, -0.05) is 6.08 Å². The van der Waals surface area contributed by atoms with Crippen LogP contribution >= 0.6 is 0 Å². The van der Waals surface area contributed by atoms with Gasteiger partial charge < -0.3 is 15.4 Å². The fourth-order valence-corrected chi connectivity index (χ4v) is 3.00. The van der Waals surface area contributed by atoms with Gasteiger partial charge in [-0.25, -0.2) is 4.98 Å². The summed E-state index contributed by atoms with van der Waals surface area (Å²) in [7, 11) is 2.10. The largest absolute Gasteiger partial charge is 0.384 e. The highest BCUT2D eigenvalue weighted by atomic mass is 16.5. The van der Waals surface area contributed by atoms with E-state index < -0.39 is 0 Å². The molecule has 22 heavy (non-hydrogen) atoms. The SMILES string of the molecule is CN1C(c2ccnc(N)c2)=CC=CC1NCC1CCOCC1. The number of nitrogens with one attached hydrogen (secondary N) is 1. The van der Waals surface area contributed by atoms with Crippen LogP contribution in [-0.4, -0.2) is 42.9 Å². The fourth-order valence-electron chi connectivity index (χ4n) is 3.00. The maximum atomic E-state index is 5.80. The van der Waals surface area contributed by atoms with Gasteiger partial charge in [-0.2, -0.15) is 0 Å². The van der Waals surface area contributed by atoms with Crippen LogP contribution in [0.1, 0.15) is 18.4 Å². The minimum Gasteiger partial charge on any atom is -0.384 e. The first kappa shape index (κ1) is 15.1. The van der Waals surface area contributed by atoms with Crippen molar-refractivity contribution in [3.05, 3.63) is 42.1 Å². The number of nitrogens with two attached hydrogens (primary N) is 1. The maximum Gasteiger partial charge on any atom is 0.123 e. The summed E-state index contributed by atoms with van der Waals surface area (Å²) >= 11 is 0. The normalized spacial score (nSPS) is 22.7. The van der Waals surface area contributed by atoms with E-state index in [-0.39, 0.29) is 6.17 Å². The first-order valence-corrected chi connectivity index (χ1v) is 7.88. The van der Waals surface area contributed by atoms with E-state index in [1.54, 1.807) is 6.20 Å². The van der Waals surface area contributed by atoms with Gasteiger partial charge >= 0.3 is 0 Å². The Bertz CT molecular complexity index is 564. The van der Waals surface area contributed by atoms with E-state index in [2.05, 4.69) is 40.5 Å². The Morgan fingerprint density at radius 1 is 1.41 bits per heavy atom. The number of aromatic nitrogens is 1. The van der Waals surface area contributed by atoms with Crippen molar-refractivity contribution in [2.75, 3.05) is 32.5 Å². The minimum atomic E-state index is 0.206. The molecule has 2 aliphatic rings. The summed E-state index contributed by atoms with van der Waals surface area (Å²) in [5, 5.41) is 3.65. The highest BCUT2D eigenvalue weighted by Gasteiger charge is 2.20. The molecule has 0 bridgehead atoms. The van der Waals surface area contributed by atoms with Crippen LogP contribution in [0.5, 0.6) is 0 Å². The minimum absolute atomic E-state index is 0.206. The Morgan fingerprint density at radius 2 is 2.23 bits per heavy atom. The van der Waals surface area contributed by atoms with Crippen LogP contribution in [0.15, 0.2) is 36.6 Å². The van der Waals surface area contributed by atoms with Crippen molar-refractivity contribution in [1.29, 1.82) is 0 Å². The first-order chi connectivity index (χ1) is 10.7. The van der Waals surface area contributed by atoms with E-state index in [9.17, 15) is 0 Å². The van der Waals surface area contributed by atoms with Crippen molar-refractivity contribution in [3.8, 4) is 0 Å². The standard InChI is InChI=1S/C17H24N4O/c1-21-15(14-5-8-19-16(18)11-14)3-2-4-17(21)20-12-13-6-9-22-10-7-13/h2-5,8,11,13,17,20H,6-7,9-10,12H2,1H3,(H2,18,19). The Balaban J connectivity index is 1.63. The topological polar surface area (TPSA) is 63.4 Å². The van der Waals surface area contributed by atoms with E-state index in [1.165, 1.54) is 0 Å². The van der Waals surface area contributed by atoms with Crippen molar-refractivity contribution in [3.63, 3.8) is 0 Å². The van der Waals surface area contributed by atoms with Crippen molar-refractivity contribution in [2.45, 2.75) is 19.0 Å². The molecule has 1 aromatic heterocycles. The van der Waals surface area contributed by atoms with E-state index in [0.29, 0.717) is 11.7 Å². The van der Waals surface area contributed by atoms with E-state index in [0.717, 1.165) is 43.9 Å². The lowest BCUT2D eigenvalue weighted by Gasteiger charge is -2.34. The van der Waals surface area contributed by atoms with Gasteiger partial charge in [-0.3, -0.25) is 5.32 Å². The molecule has 1 fully saturated rings. The first-order valence-electron chi connectivity index (χ1n) is 7.88. The summed E-state index contributed by atoms with van der Waals surface area (Å²) in [5.74, 6) is 1.26. The van der Waals surface area contributed by atoms with Gasteiger partial charge in [0.05, 0.1) is 6.17 Å². The van der Waals surface area contributed by atoms with E-state index in [1.807, 2.05) is 12.1 Å². The quantitative estimate of drug-likeness (QED) is 0.888. The van der Waals surface area contributed by atoms with Gasteiger partial charge in [-0.05, 0) is 43.0 Å². The van der Waals surface area contributed by atoms with Crippen molar-refractivity contribution < 1.29 is 4.74 Å². The zero-order valence-corrected chi connectivity index (χ0v) is 13.0. The number of allylic oxidation sites excluding steroid dienone is 2. The van der Waals surface area contributed by atoms with Gasteiger partial charge in [-0.15, -0.1) is 0 Å². The third-order valence-electron chi connectivity index (χ3n) is 4.38. The summed E-state index contributed by atoms with van der Waals surface area (Å²) in [6.07, 6.45) is 10.7. The Morgan fingerprint density at radius 3 is 3.00 bits per heavy atom. The lowest BCUT2D eigenvalue weighted by molar-refractivity contribution is 0.0646. The van der Waals surface area contributed by atoms with Gasteiger partial charge in [0.15, 0.2) is 0 Å². The Labute approximate surface area is 131 Å². The number of hydrogen-bond donors (Lipinski definition) is 2. The molecule has 3 N–H and O–H groups in total. The van der Waals surface area contributed by atoms with Crippen molar-refractivity contribution >= 4 is 11.5 Å². The number of hydrogen-bond acceptors (Lipinski definition) is 5. The van der Waals surface area contributed by atoms with Crippen LogP contribution in [0.25, 0.3) is 5.70 Å². The second kappa shape index (κ2) is 6.94. The lowest BCUT2D eigenvalue weighted by atomic mass is 10.00. The highest BCUT2D eigenvalue weighted by molar-refractivity contribution is 5.68. The fraction of sp³-hybridized carbons (Fsp3) is 0.471. The Kier molecular flexibility index (Phi) is 4.75. The molecular weight excluding hydrogens is 276 g/mol. The molecule has 0 aliphatic carbocycles. The van der Waals surface area contributed by atoms with Crippen LogP contribution in [0.3, 0.4) is 0 Å². The monoisotopic (exact) mass is 300 g/mol. The summed E-state index contributed by atoms with van der Waals surface area (Å²) in [6, 6.07) is 3.91. The lowest BCUT2D eigenvalue weighted by Crippen LogP contribution is -2.44. The molecule has 0 radical (unpaired) electrons. The zero-order chi connectivity index (χ0) is 15.4. The maximum absolute atomic E-state index is 5.80. The third-order valence-corrected chi connectivity index (χ3v) is 4.38. The zero-order valence-electron chi connectivity index (χ0n) is 13.0. The molecule has 0 amide bonds. The van der Waals surface area contributed by atoms with Crippen LogP contribution in [0.2, 0.25) is 0 Å². The molecular formula is C17H24N4O. The molecule has 1 atom stereocenters. The predicted molar refractivity (Wildman–Crippen MR) is 88.9 cm³/mol. The number of nitrogens with zero attached hydrogens (tertiary/aromatic N) is 2. The Hall–Kier alpha value is -1.85. The molecule has 0 aromatic carbocycles. The second-order valence-electron chi connectivity index (χ2n) is 5.93. The average molecular weight is 300 g/mol. The summed E-state index contributed by atoms with van der Waals surface area (Å²) in [4.78, 5) is 6.31. The van der Waals surface area contributed by atoms with Gasteiger partial charge in [0.2, 0.25) is 0 Å². The molecule has 5 nitrogen and oxygen atoms in total. The molecule has 2 aliphatic heterocycles. The molecule has 0 spiro atoms. The van der Waals surface area contributed by atoms with Crippen molar-refractivity contribution in [2.24, 2.45) is 5.92 Å². The third kappa shape index (κ3) is 3.48. The van der Waals surface area contributed by atoms with E-state index in [4.69, 9.17) is 10.5 Å². The van der Waals surface area contributed by atoms with Gasteiger partial charge in [0.1, 0.15) is 5.82 Å². The number of rotatable bonds is 4. The van der Waals surface area contributed by atoms with Crippen LogP contribution in [0.4, 0.5) is 5.82 Å². The van der Waals surface area contributed by atoms with E-state index >= 15 is 0 Å². The predicted octanol–water partition coefficient (Wildman–Crippen LogP) is 1.85. The molecule has 3 heterocycles. The molecule has 118 valence electrons. The highest BCUT2D eigenvalue weighted by Crippen LogP contribution is 2.24. The molecule has 1 aromatic rings. The number of likely N-dealkylation sites (N-methyl/N-ethyl adjacent to an activating group) is 1. The molecule has 0 saturated carbocycles. The van der Waals surface area contributed by atoms with Crippen LogP contribution < -0.4 is 11.1 Å². The van der Waals surface area contributed by atoms with Crippen LogP contribution in [-0.2, 0) is 4.74 Å². The molecule has 1 unspecified atom stereocenters. The van der Waals surface area contributed by atoms with Crippen LogP contribution in [0, 0.1) is 5.92 Å². The number of pyridine rings is 1. The molecule has 1 saturated heterocycles. The number of ether oxygens (including phenoxy) is 1. The number of nitrogen functional groups attached to an aromatic ring is 1.